The van der Waals surface area contributed by atoms with E-state index in [9.17, 15) is 8.42 Å². The van der Waals surface area contributed by atoms with Gasteiger partial charge in [-0.1, -0.05) is 26.0 Å². The van der Waals surface area contributed by atoms with Crippen LogP contribution in [0, 0.1) is 0 Å². The number of benzene rings is 1. The minimum Gasteiger partial charge on any atom is -0.494 e. The van der Waals surface area contributed by atoms with Crippen LogP contribution in [0.4, 0.5) is 0 Å². The molecule has 0 bridgehead atoms. The molecule has 0 atom stereocenters. The Morgan fingerprint density at radius 3 is 2.65 bits per heavy atom. The molecule has 0 aliphatic carbocycles. The van der Waals surface area contributed by atoms with Crippen LogP contribution in [-0.4, -0.2) is 25.3 Å². The number of rotatable bonds is 6. The monoisotopic (exact) mass is 258 g/mol. The second-order valence-electron chi connectivity index (χ2n) is 4.22. The van der Waals surface area contributed by atoms with Crippen LogP contribution in [0.2, 0.25) is 0 Å². The molecule has 0 saturated heterocycles. The van der Waals surface area contributed by atoms with Crippen LogP contribution >= 0.6 is 0 Å². The average molecular weight is 258 g/mol. The summed E-state index contributed by atoms with van der Waals surface area (Å²) in [4.78, 5) is 0. The second kappa shape index (κ2) is 6.02. The maximum absolute atomic E-state index is 10.5. The van der Waals surface area contributed by atoms with Crippen molar-refractivity contribution < 1.29 is 17.7 Å². The van der Waals surface area contributed by atoms with E-state index >= 15 is 0 Å². The van der Waals surface area contributed by atoms with E-state index in [1.54, 1.807) is 0 Å². The predicted octanol–water partition coefficient (Wildman–Crippen LogP) is 2.47. The van der Waals surface area contributed by atoms with Gasteiger partial charge in [0, 0.05) is 0 Å². The van der Waals surface area contributed by atoms with E-state index < -0.39 is 10.1 Å². The lowest BCUT2D eigenvalue weighted by atomic mass is 10.0. The predicted molar refractivity (Wildman–Crippen MR) is 67.1 cm³/mol. The summed E-state index contributed by atoms with van der Waals surface area (Å²) in [6.45, 7) is 4.47. The Bertz CT molecular complexity index is 451. The maximum Gasteiger partial charge on any atom is 0.264 e. The maximum atomic E-state index is 10.5. The van der Waals surface area contributed by atoms with E-state index in [1.807, 2.05) is 24.3 Å². The Morgan fingerprint density at radius 1 is 1.35 bits per heavy atom. The molecule has 0 aliphatic rings. The van der Waals surface area contributed by atoms with Crippen LogP contribution in [0.1, 0.15) is 31.7 Å². The van der Waals surface area contributed by atoms with Crippen LogP contribution in [-0.2, 0) is 10.1 Å². The Labute approximate surface area is 102 Å². The largest absolute Gasteiger partial charge is 0.494 e. The minimum atomic E-state index is -3.88. The first-order valence-electron chi connectivity index (χ1n) is 5.56. The zero-order valence-electron chi connectivity index (χ0n) is 10.1. The molecule has 96 valence electrons. The third-order valence-corrected chi connectivity index (χ3v) is 3.14. The first-order chi connectivity index (χ1) is 7.88. The van der Waals surface area contributed by atoms with Crippen molar-refractivity contribution in [2.24, 2.45) is 0 Å². The molecule has 0 unspecified atom stereocenters. The molecule has 1 rings (SSSR count). The first kappa shape index (κ1) is 14.0. The molecule has 0 spiro atoms. The summed E-state index contributed by atoms with van der Waals surface area (Å²) >= 11 is 0. The van der Waals surface area contributed by atoms with Crippen LogP contribution in [0.3, 0.4) is 0 Å². The van der Waals surface area contributed by atoms with Crippen molar-refractivity contribution in [3.8, 4) is 5.75 Å². The number of ether oxygens (including phenoxy) is 1. The molecule has 0 radical (unpaired) electrons. The van der Waals surface area contributed by atoms with Crippen LogP contribution in [0.25, 0.3) is 0 Å². The van der Waals surface area contributed by atoms with Gasteiger partial charge in [-0.15, -0.1) is 0 Å². The SMILES string of the molecule is CC(C)c1cccc(OCCCS(=O)(=O)O)c1. The van der Waals surface area contributed by atoms with Crippen molar-refractivity contribution in [2.75, 3.05) is 12.4 Å². The van der Waals surface area contributed by atoms with Gasteiger partial charge in [-0.2, -0.15) is 8.42 Å². The lowest BCUT2D eigenvalue weighted by Gasteiger charge is -2.09. The highest BCUT2D eigenvalue weighted by Gasteiger charge is 2.04. The summed E-state index contributed by atoms with van der Waals surface area (Å²) in [6, 6.07) is 7.71. The third kappa shape index (κ3) is 5.70. The van der Waals surface area contributed by atoms with E-state index in [-0.39, 0.29) is 18.8 Å². The van der Waals surface area contributed by atoms with Gasteiger partial charge in [-0.05, 0) is 30.0 Å². The van der Waals surface area contributed by atoms with Crippen molar-refractivity contribution in [1.82, 2.24) is 0 Å². The van der Waals surface area contributed by atoms with E-state index in [1.165, 1.54) is 5.56 Å². The van der Waals surface area contributed by atoms with Gasteiger partial charge in [-0.25, -0.2) is 0 Å². The Hall–Kier alpha value is -1.07. The highest BCUT2D eigenvalue weighted by molar-refractivity contribution is 7.85. The Morgan fingerprint density at radius 2 is 2.06 bits per heavy atom. The summed E-state index contributed by atoms with van der Waals surface area (Å²) < 4.78 is 34.9. The number of hydrogen-bond acceptors (Lipinski definition) is 3. The summed E-state index contributed by atoms with van der Waals surface area (Å²) in [5.41, 5.74) is 1.18. The molecular weight excluding hydrogens is 240 g/mol. The lowest BCUT2D eigenvalue weighted by Crippen LogP contribution is -2.08. The molecule has 17 heavy (non-hydrogen) atoms. The van der Waals surface area contributed by atoms with Crippen LogP contribution < -0.4 is 4.74 Å². The van der Waals surface area contributed by atoms with Crippen molar-refractivity contribution in [3.05, 3.63) is 29.8 Å². The standard InChI is InChI=1S/C12H18O4S/c1-10(2)11-5-3-6-12(9-11)16-7-4-8-17(13,14)15/h3,5-6,9-10H,4,7-8H2,1-2H3,(H,13,14,15). The third-order valence-electron chi connectivity index (χ3n) is 2.34. The van der Waals surface area contributed by atoms with Crippen molar-refractivity contribution >= 4 is 10.1 Å². The van der Waals surface area contributed by atoms with E-state index in [0.29, 0.717) is 5.92 Å². The van der Waals surface area contributed by atoms with E-state index in [0.717, 1.165) is 5.75 Å². The smallest absolute Gasteiger partial charge is 0.264 e. The topological polar surface area (TPSA) is 63.6 Å². The average Bonchev–Trinajstić information content (AvgIpc) is 2.23. The summed E-state index contributed by atoms with van der Waals surface area (Å²) in [5.74, 6) is 0.888. The fourth-order valence-electron chi connectivity index (χ4n) is 1.39. The summed E-state index contributed by atoms with van der Waals surface area (Å²) in [6.07, 6.45) is 0.282. The normalized spacial score (nSPS) is 11.8. The molecule has 0 fully saturated rings. The number of hydrogen-bond donors (Lipinski definition) is 1. The zero-order chi connectivity index (χ0) is 12.9. The zero-order valence-corrected chi connectivity index (χ0v) is 10.9. The highest BCUT2D eigenvalue weighted by Crippen LogP contribution is 2.20. The van der Waals surface area contributed by atoms with Gasteiger partial charge in [0.25, 0.3) is 10.1 Å². The van der Waals surface area contributed by atoms with Gasteiger partial charge >= 0.3 is 0 Å². The van der Waals surface area contributed by atoms with E-state index in [4.69, 9.17) is 9.29 Å². The summed E-state index contributed by atoms with van der Waals surface area (Å²) in [7, 11) is -3.88. The van der Waals surface area contributed by atoms with Gasteiger partial charge < -0.3 is 4.74 Å². The summed E-state index contributed by atoms with van der Waals surface area (Å²) in [5, 5.41) is 0. The fourth-order valence-corrected chi connectivity index (χ4v) is 1.88. The van der Waals surface area contributed by atoms with Gasteiger partial charge in [-0.3, -0.25) is 4.55 Å². The molecule has 1 N–H and O–H groups in total. The molecule has 0 saturated carbocycles. The van der Waals surface area contributed by atoms with Crippen molar-refractivity contribution in [2.45, 2.75) is 26.2 Å². The second-order valence-corrected chi connectivity index (χ2v) is 5.79. The molecule has 4 nitrogen and oxygen atoms in total. The van der Waals surface area contributed by atoms with Gasteiger partial charge in [0.05, 0.1) is 12.4 Å². The molecule has 1 aromatic rings. The first-order valence-corrected chi connectivity index (χ1v) is 7.17. The van der Waals surface area contributed by atoms with E-state index in [2.05, 4.69) is 13.8 Å². The molecular formula is C12H18O4S. The van der Waals surface area contributed by atoms with Gasteiger partial charge in [0.15, 0.2) is 0 Å². The highest BCUT2D eigenvalue weighted by atomic mass is 32.2. The molecule has 0 aromatic heterocycles. The van der Waals surface area contributed by atoms with Crippen molar-refractivity contribution in [1.29, 1.82) is 0 Å². The van der Waals surface area contributed by atoms with Gasteiger partial charge in [0.2, 0.25) is 0 Å². The lowest BCUT2D eigenvalue weighted by molar-refractivity contribution is 0.315. The molecule has 0 heterocycles. The molecule has 0 aliphatic heterocycles. The Kier molecular flexibility index (Phi) is 4.96. The quantitative estimate of drug-likeness (QED) is 0.629. The molecule has 0 amide bonds. The molecule has 1 aromatic carbocycles. The molecule has 5 heteroatoms. The van der Waals surface area contributed by atoms with Gasteiger partial charge in [0.1, 0.15) is 5.75 Å². The minimum absolute atomic E-state index is 0.267. The Balaban J connectivity index is 2.44. The fraction of sp³-hybridized carbons (Fsp3) is 0.500. The van der Waals surface area contributed by atoms with Crippen molar-refractivity contribution in [3.63, 3.8) is 0 Å². The van der Waals surface area contributed by atoms with Crippen LogP contribution in [0.15, 0.2) is 24.3 Å². The van der Waals surface area contributed by atoms with Crippen LogP contribution in [0.5, 0.6) is 5.75 Å².